The third kappa shape index (κ3) is 6.83. The maximum Gasteiger partial charge on any atom is 0.416 e. The number of benzene rings is 3. The Labute approximate surface area is 202 Å². The maximum atomic E-state index is 13.5. The van der Waals surface area contributed by atoms with E-state index in [1.54, 1.807) is 43.3 Å². The predicted octanol–water partition coefficient (Wildman–Crippen LogP) is 5.24. The number of nitrogens with one attached hydrogen (secondary N) is 1. The van der Waals surface area contributed by atoms with Crippen molar-refractivity contribution in [2.24, 2.45) is 0 Å². The first-order valence-corrected chi connectivity index (χ1v) is 12.2. The highest BCUT2D eigenvalue weighted by molar-refractivity contribution is 7.89. The molecule has 0 aromatic heterocycles. The molecule has 0 fully saturated rings. The molecule has 0 unspecified atom stereocenters. The quantitative estimate of drug-likeness (QED) is 0.431. The van der Waals surface area contributed by atoms with Gasteiger partial charge in [-0.15, -0.1) is 0 Å². The molecule has 0 saturated carbocycles. The lowest BCUT2D eigenvalue weighted by atomic mass is 10.2. The van der Waals surface area contributed by atoms with Gasteiger partial charge in [-0.1, -0.05) is 30.3 Å². The molecule has 6 nitrogen and oxygen atoms in total. The fraction of sp³-hybridized carbons (Fsp3) is 0.240. The van der Waals surface area contributed by atoms with Gasteiger partial charge in [-0.2, -0.15) is 17.5 Å². The summed E-state index contributed by atoms with van der Waals surface area (Å²) in [6.45, 7) is 3.36. The lowest BCUT2D eigenvalue weighted by Crippen LogP contribution is -2.37. The zero-order valence-electron chi connectivity index (χ0n) is 19.2. The highest BCUT2D eigenvalue weighted by Gasteiger charge is 2.30. The molecular weight excluding hydrogens is 481 g/mol. The molecule has 0 radical (unpaired) electrons. The van der Waals surface area contributed by atoms with E-state index >= 15 is 0 Å². The van der Waals surface area contributed by atoms with Gasteiger partial charge in [0, 0.05) is 12.2 Å². The fourth-order valence-corrected chi connectivity index (χ4v) is 4.84. The van der Waals surface area contributed by atoms with Crippen LogP contribution in [0, 0.1) is 6.92 Å². The van der Waals surface area contributed by atoms with Crippen molar-refractivity contribution >= 4 is 21.6 Å². The molecule has 10 heteroatoms. The van der Waals surface area contributed by atoms with E-state index in [9.17, 15) is 26.4 Å². The van der Waals surface area contributed by atoms with Crippen molar-refractivity contribution in [3.05, 3.63) is 89.5 Å². The van der Waals surface area contributed by atoms with Crippen molar-refractivity contribution in [3.63, 3.8) is 0 Å². The molecule has 0 aliphatic heterocycles. The van der Waals surface area contributed by atoms with Crippen LogP contribution in [0.15, 0.2) is 77.7 Å². The third-order valence-corrected chi connectivity index (χ3v) is 6.89. The van der Waals surface area contributed by atoms with Crippen LogP contribution in [0.1, 0.15) is 23.6 Å². The van der Waals surface area contributed by atoms with Crippen LogP contribution in [0.2, 0.25) is 0 Å². The number of ether oxygens (including phenoxy) is 1. The number of sulfonamides is 1. The van der Waals surface area contributed by atoms with Gasteiger partial charge >= 0.3 is 6.18 Å². The second-order valence-corrected chi connectivity index (χ2v) is 9.68. The van der Waals surface area contributed by atoms with E-state index in [2.05, 4.69) is 5.32 Å². The molecule has 1 amide bonds. The molecule has 0 aliphatic carbocycles. The molecule has 0 bridgehead atoms. The number of alkyl halides is 3. The van der Waals surface area contributed by atoms with Crippen LogP contribution in [0.4, 0.5) is 18.9 Å². The number of nitrogens with zero attached hydrogens (tertiary/aromatic N) is 1. The van der Waals surface area contributed by atoms with Gasteiger partial charge in [0.05, 0.1) is 23.6 Å². The summed E-state index contributed by atoms with van der Waals surface area (Å²) >= 11 is 0. The van der Waals surface area contributed by atoms with E-state index in [0.717, 1.165) is 28.6 Å². The van der Waals surface area contributed by atoms with Gasteiger partial charge in [0.2, 0.25) is 15.9 Å². The highest BCUT2D eigenvalue weighted by Crippen LogP contribution is 2.30. The first-order valence-electron chi connectivity index (χ1n) is 10.8. The largest absolute Gasteiger partial charge is 0.494 e. The van der Waals surface area contributed by atoms with Gasteiger partial charge in [0.1, 0.15) is 5.75 Å². The number of aryl methyl sites for hydroxylation is 1. The first-order chi connectivity index (χ1) is 16.5. The lowest BCUT2D eigenvalue weighted by Gasteiger charge is -2.22. The lowest BCUT2D eigenvalue weighted by molar-refractivity contribution is -0.137. The zero-order valence-corrected chi connectivity index (χ0v) is 20.0. The molecule has 1 N–H and O–H groups in total. The van der Waals surface area contributed by atoms with Crippen LogP contribution >= 0.6 is 0 Å². The number of carbonyl (C=O) groups excluding carboxylic acids is 1. The molecular formula is C25H25F3N2O4S. The molecule has 0 heterocycles. The number of hydrogen-bond donors (Lipinski definition) is 1. The number of rotatable bonds is 9. The second kappa shape index (κ2) is 10.9. The first kappa shape index (κ1) is 26.2. The van der Waals surface area contributed by atoms with Gasteiger partial charge in [0.25, 0.3) is 0 Å². The Morgan fingerprint density at radius 3 is 2.23 bits per heavy atom. The Morgan fingerprint density at radius 1 is 1.00 bits per heavy atom. The SMILES string of the molecule is CCOc1ccc(S(=O)(=O)N(CC(=O)Nc2ccc(C(F)(F)F)cc2)Cc2ccccc2)cc1C. The Bertz CT molecular complexity index is 1260. The molecule has 0 saturated heterocycles. The van der Waals surface area contributed by atoms with Gasteiger partial charge in [-0.25, -0.2) is 8.42 Å². The second-order valence-electron chi connectivity index (χ2n) is 7.74. The summed E-state index contributed by atoms with van der Waals surface area (Å²) in [5.41, 5.74) is 0.564. The van der Waals surface area contributed by atoms with E-state index in [1.165, 1.54) is 12.1 Å². The van der Waals surface area contributed by atoms with E-state index in [4.69, 9.17) is 4.74 Å². The predicted molar refractivity (Wildman–Crippen MR) is 126 cm³/mol. The molecule has 3 rings (SSSR count). The number of amides is 1. The van der Waals surface area contributed by atoms with Gasteiger partial charge in [-0.3, -0.25) is 4.79 Å². The van der Waals surface area contributed by atoms with Crippen LogP contribution in [-0.2, 0) is 27.5 Å². The van der Waals surface area contributed by atoms with Crippen LogP contribution in [-0.4, -0.2) is 31.8 Å². The van der Waals surface area contributed by atoms with Crippen LogP contribution in [0.3, 0.4) is 0 Å². The molecule has 0 spiro atoms. The zero-order chi connectivity index (χ0) is 25.6. The summed E-state index contributed by atoms with van der Waals surface area (Å²) in [6, 6.07) is 17.1. The minimum Gasteiger partial charge on any atom is -0.494 e. The van der Waals surface area contributed by atoms with Crippen LogP contribution in [0.5, 0.6) is 5.75 Å². The van der Waals surface area contributed by atoms with Crippen LogP contribution < -0.4 is 10.1 Å². The summed E-state index contributed by atoms with van der Waals surface area (Å²) < 4.78 is 71.8. The summed E-state index contributed by atoms with van der Waals surface area (Å²) in [5, 5.41) is 2.47. The minimum atomic E-state index is -4.50. The van der Waals surface area contributed by atoms with Crippen molar-refractivity contribution < 1.29 is 31.1 Å². The Morgan fingerprint density at radius 2 is 1.66 bits per heavy atom. The molecule has 0 aliphatic rings. The maximum absolute atomic E-state index is 13.5. The molecule has 3 aromatic rings. The van der Waals surface area contributed by atoms with Crippen molar-refractivity contribution in [2.45, 2.75) is 31.5 Å². The summed E-state index contributed by atoms with van der Waals surface area (Å²) in [5.74, 6) is -0.131. The van der Waals surface area contributed by atoms with Crippen molar-refractivity contribution in [3.8, 4) is 5.75 Å². The summed E-state index contributed by atoms with van der Waals surface area (Å²) in [6.07, 6.45) is -4.50. The Kier molecular flexibility index (Phi) is 8.18. The molecule has 0 atom stereocenters. The number of carbonyl (C=O) groups is 1. The minimum absolute atomic E-state index is 0.00304. The highest BCUT2D eigenvalue weighted by atomic mass is 32.2. The summed E-state index contributed by atoms with van der Waals surface area (Å²) in [7, 11) is -4.10. The molecule has 35 heavy (non-hydrogen) atoms. The van der Waals surface area contributed by atoms with Gasteiger partial charge < -0.3 is 10.1 Å². The van der Waals surface area contributed by atoms with Gasteiger partial charge in [-0.05, 0) is 67.4 Å². The fourth-order valence-electron chi connectivity index (χ4n) is 3.37. The van der Waals surface area contributed by atoms with Gasteiger partial charge in [0.15, 0.2) is 0 Å². The number of halogens is 3. The Balaban J connectivity index is 1.85. The smallest absolute Gasteiger partial charge is 0.416 e. The van der Waals surface area contributed by atoms with E-state index in [-0.39, 0.29) is 17.1 Å². The third-order valence-electron chi connectivity index (χ3n) is 5.10. The molecule has 186 valence electrons. The average molecular weight is 507 g/mol. The van der Waals surface area contributed by atoms with E-state index < -0.39 is 34.2 Å². The topological polar surface area (TPSA) is 75.7 Å². The monoisotopic (exact) mass is 506 g/mol. The van der Waals surface area contributed by atoms with Crippen molar-refractivity contribution in [2.75, 3.05) is 18.5 Å². The van der Waals surface area contributed by atoms with Crippen molar-refractivity contribution in [1.82, 2.24) is 4.31 Å². The standard InChI is InChI=1S/C25H25F3N2O4S/c1-3-34-23-14-13-22(15-18(23)2)35(32,33)30(16-19-7-5-4-6-8-19)17-24(31)29-21-11-9-20(10-12-21)25(26,27)28/h4-15H,3,16-17H2,1-2H3,(H,29,31). The normalized spacial score (nSPS) is 11.9. The average Bonchev–Trinajstić information content (AvgIpc) is 2.80. The Hall–Kier alpha value is -3.37. The molecule has 3 aromatic carbocycles. The summed E-state index contributed by atoms with van der Waals surface area (Å²) in [4.78, 5) is 12.7. The van der Waals surface area contributed by atoms with Crippen LogP contribution in [0.25, 0.3) is 0 Å². The van der Waals surface area contributed by atoms with E-state index in [1.807, 2.05) is 6.92 Å². The van der Waals surface area contributed by atoms with E-state index in [0.29, 0.717) is 23.5 Å². The van der Waals surface area contributed by atoms with Crippen molar-refractivity contribution in [1.29, 1.82) is 0 Å². The number of hydrogen-bond acceptors (Lipinski definition) is 4. The number of anilines is 1.